The molecule has 10 heavy (non-hydrogen) atoms. The molecule has 0 saturated carbocycles. The summed E-state index contributed by atoms with van der Waals surface area (Å²) >= 11 is 0. The van der Waals surface area contributed by atoms with Gasteiger partial charge in [-0.25, -0.2) is 0 Å². The van der Waals surface area contributed by atoms with Crippen LogP contribution in [0.4, 0.5) is 0 Å². The van der Waals surface area contributed by atoms with Crippen molar-refractivity contribution >= 4 is 11.5 Å². The highest BCUT2D eigenvalue weighted by Gasteiger charge is 2.19. The number of hydrogen-bond acceptors (Lipinski definition) is 3. The predicted octanol–water partition coefficient (Wildman–Crippen LogP) is 0.295. The zero-order chi connectivity index (χ0) is 7.56. The molecule has 0 fully saturated rings. The van der Waals surface area contributed by atoms with Gasteiger partial charge in [0.25, 0.3) is 0 Å². The molecular weight excluding hydrogens is 130 g/mol. The zero-order valence-electron chi connectivity index (χ0n) is 5.74. The van der Waals surface area contributed by atoms with E-state index >= 15 is 0 Å². The molecule has 1 aliphatic heterocycles. The lowest BCUT2D eigenvalue weighted by Crippen LogP contribution is -2.29. The van der Waals surface area contributed by atoms with Crippen LogP contribution in [0.25, 0.3) is 0 Å². The summed E-state index contributed by atoms with van der Waals surface area (Å²) in [7, 11) is 0. The first kappa shape index (κ1) is 7.15. The van der Waals surface area contributed by atoms with Crippen LogP contribution in [-0.2, 0) is 4.79 Å². The van der Waals surface area contributed by atoms with Crippen LogP contribution in [0.3, 0.4) is 0 Å². The fourth-order valence-electron chi connectivity index (χ4n) is 0.817. The second kappa shape index (κ2) is 2.75. The summed E-state index contributed by atoms with van der Waals surface area (Å²) in [5.41, 5.74) is 0.549. The number of carbonyl (C=O) groups excluding carboxylic acids is 1. The molecule has 0 aromatic heterocycles. The molecule has 0 aliphatic carbocycles. The summed E-state index contributed by atoms with van der Waals surface area (Å²) in [6, 6.07) is 0. The van der Waals surface area contributed by atoms with Crippen LogP contribution in [0.15, 0.2) is 17.3 Å². The van der Waals surface area contributed by atoms with Crippen molar-refractivity contribution < 1.29 is 9.90 Å². The number of rotatable bonds is 1. The highest BCUT2D eigenvalue weighted by Crippen LogP contribution is 2.03. The molecule has 0 aromatic rings. The van der Waals surface area contributed by atoms with Crippen molar-refractivity contribution in [3.05, 3.63) is 12.3 Å². The van der Waals surface area contributed by atoms with Gasteiger partial charge in [-0.05, 0) is 6.42 Å². The third-order valence-corrected chi connectivity index (χ3v) is 1.43. The van der Waals surface area contributed by atoms with E-state index in [1.165, 1.54) is 12.3 Å². The van der Waals surface area contributed by atoms with Crippen molar-refractivity contribution in [3.8, 4) is 0 Å². The Balaban J connectivity index is 2.81. The molecular formula is C7H9NO2. The minimum absolute atomic E-state index is 0.271. The van der Waals surface area contributed by atoms with Gasteiger partial charge in [0.15, 0.2) is 11.9 Å². The molecule has 0 spiro atoms. The van der Waals surface area contributed by atoms with E-state index in [0.717, 1.165) is 0 Å². The standard InChI is InChI=1S/C7H9NO2/c1-2-5-7(10)6(9)3-4-8-5/h3-4,7,10H,2H2,1H3. The number of hydrogen-bond donors (Lipinski definition) is 1. The van der Waals surface area contributed by atoms with Crippen molar-refractivity contribution in [2.24, 2.45) is 4.99 Å². The van der Waals surface area contributed by atoms with Crippen LogP contribution in [-0.4, -0.2) is 22.7 Å². The minimum Gasteiger partial charge on any atom is -0.379 e. The highest BCUT2D eigenvalue weighted by atomic mass is 16.3. The number of aliphatic hydroxyl groups excluding tert-OH is 1. The van der Waals surface area contributed by atoms with E-state index in [4.69, 9.17) is 5.11 Å². The summed E-state index contributed by atoms with van der Waals surface area (Å²) in [4.78, 5) is 14.6. The summed E-state index contributed by atoms with van der Waals surface area (Å²) in [5, 5.41) is 9.11. The quantitative estimate of drug-likeness (QED) is 0.567. The lowest BCUT2D eigenvalue weighted by Gasteiger charge is -2.10. The Labute approximate surface area is 59.1 Å². The molecule has 3 nitrogen and oxygen atoms in total. The van der Waals surface area contributed by atoms with E-state index in [2.05, 4.69) is 4.99 Å². The van der Waals surface area contributed by atoms with Gasteiger partial charge < -0.3 is 5.11 Å². The van der Waals surface area contributed by atoms with Crippen LogP contribution in [0.2, 0.25) is 0 Å². The van der Waals surface area contributed by atoms with Crippen LogP contribution >= 0.6 is 0 Å². The van der Waals surface area contributed by atoms with E-state index < -0.39 is 6.10 Å². The average molecular weight is 139 g/mol. The van der Waals surface area contributed by atoms with Crippen molar-refractivity contribution in [2.75, 3.05) is 0 Å². The molecule has 3 heteroatoms. The van der Waals surface area contributed by atoms with Gasteiger partial charge in [0.2, 0.25) is 0 Å². The van der Waals surface area contributed by atoms with Gasteiger partial charge in [0.05, 0.1) is 5.71 Å². The summed E-state index contributed by atoms with van der Waals surface area (Å²) in [6.07, 6.45) is 2.34. The lowest BCUT2D eigenvalue weighted by atomic mass is 10.1. The van der Waals surface area contributed by atoms with Gasteiger partial charge in [0, 0.05) is 12.3 Å². The summed E-state index contributed by atoms with van der Waals surface area (Å²) in [5.74, 6) is -0.271. The van der Waals surface area contributed by atoms with Gasteiger partial charge in [-0.15, -0.1) is 0 Å². The smallest absolute Gasteiger partial charge is 0.191 e. The molecule has 1 heterocycles. The number of carbonyl (C=O) groups is 1. The molecule has 1 N–H and O–H groups in total. The zero-order valence-corrected chi connectivity index (χ0v) is 5.74. The number of aliphatic hydroxyl groups is 1. The molecule has 0 aromatic carbocycles. The fourth-order valence-corrected chi connectivity index (χ4v) is 0.817. The first-order chi connectivity index (χ1) is 4.75. The van der Waals surface area contributed by atoms with Crippen LogP contribution < -0.4 is 0 Å². The first-order valence-corrected chi connectivity index (χ1v) is 3.20. The predicted molar refractivity (Wildman–Crippen MR) is 37.9 cm³/mol. The number of ketones is 1. The second-order valence-corrected chi connectivity index (χ2v) is 2.09. The van der Waals surface area contributed by atoms with E-state index in [9.17, 15) is 4.79 Å². The largest absolute Gasteiger partial charge is 0.379 e. The van der Waals surface area contributed by atoms with Gasteiger partial charge in [-0.2, -0.15) is 0 Å². The average Bonchev–Trinajstić information content (AvgIpc) is 1.95. The molecule has 1 rings (SSSR count). The third kappa shape index (κ3) is 1.14. The molecule has 54 valence electrons. The Bertz CT molecular complexity index is 206. The molecule has 0 amide bonds. The van der Waals surface area contributed by atoms with E-state index in [-0.39, 0.29) is 5.78 Å². The second-order valence-electron chi connectivity index (χ2n) is 2.09. The van der Waals surface area contributed by atoms with Gasteiger partial charge in [0.1, 0.15) is 0 Å². The maximum absolute atomic E-state index is 10.7. The Kier molecular flexibility index (Phi) is 1.97. The van der Waals surface area contributed by atoms with Crippen LogP contribution in [0.5, 0.6) is 0 Å². The molecule has 1 aliphatic rings. The molecule has 1 atom stereocenters. The van der Waals surface area contributed by atoms with Crippen molar-refractivity contribution in [1.82, 2.24) is 0 Å². The first-order valence-electron chi connectivity index (χ1n) is 3.20. The SMILES string of the molecule is CCC1=NC=CC(=O)C1O. The van der Waals surface area contributed by atoms with Crippen molar-refractivity contribution in [2.45, 2.75) is 19.4 Å². The summed E-state index contributed by atoms with van der Waals surface area (Å²) < 4.78 is 0. The molecule has 0 radical (unpaired) electrons. The molecule has 1 unspecified atom stereocenters. The molecule has 0 bridgehead atoms. The van der Waals surface area contributed by atoms with Crippen molar-refractivity contribution in [1.29, 1.82) is 0 Å². The van der Waals surface area contributed by atoms with E-state index in [1.807, 2.05) is 6.92 Å². The fraction of sp³-hybridized carbons (Fsp3) is 0.429. The highest BCUT2D eigenvalue weighted by molar-refractivity contribution is 6.13. The minimum atomic E-state index is -0.991. The lowest BCUT2D eigenvalue weighted by molar-refractivity contribution is -0.119. The molecule has 0 saturated heterocycles. The summed E-state index contributed by atoms with van der Waals surface area (Å²) in [6.45, 7) is 1.86. The Morgan fingerprint density at radius 1 is 1.80 bits per heavy atom. The van der Waals surface area contributed by atoms with Gasteiger partial charge in [-0.1, -0.05) is 6.92 Å². The monoisotopic (exact) mass is 139 g/mol. The maximum Gasteiger partial charge on any atom is 0.191 e. The Hall–Kier alpha value is -0.960. The van der Waals surface area contributed by atoms with Crippen molar-refractivity contribution in [3.63, 3.8) is 0 Å². The van der Waals surface area contributed by atoms with Gasteiger partial charge in [-0.3, -0.25) is 9.79 Å². The van der Waals surface area contributed by atoms with E-state index in [1.54, 1.807) is 0 Å². The normalized spacial score (nSPS) is 24.8. The number of nitrogens with zero attached hydrogens (tertiary/aromatic N) is 1. The Morgan fingerprint density at radius 3 is 3.00 bits per heavy atom. The third-order valence-electron chi connectivity index (χ3n) is 1.43. The topological polar surface area (TPSA) is 49.7 Å². The van der Waals surface area contributed by atoms with Crippen LogP contribution in [0.1, 0.15) is 13.3 Å². The van der Waals surface area contributed by atoms with E-state index in [0.29, 0.717) is 12.1 Å². The maximum atomic E-state index is 10.7. The Morgan fingerprint density at radius 2 is 2.50 bits per heavy atom. The van der Waals surface area contributed by atoms with Crippen LogP contribution in [0, 0.1) is 0 Å². The number of aliphatic imine (C=N–C) groups is 1. The van der Waals surface area contributed by atoms with Gasteiger partial charge >= 0.3 is 0 Å².